The molecule has 20 heavy (non-hydrogen) atoms. The molecule has 0 saturated carbocycles. The molecule has 0 aromatic heterocycles. The molecular formula is C11H14NO7P. The Morgan fingerprint density at radius 2 is 1.85 bits per heavy atom. The molecule has 0 unspecified atom stereocenters. The minimum absolute atomic E-state index is 0.0222. The molecule has 0 fully saturated rings. The zero-order chi connectivity index (χ0) is 15.3. The third-order valence-electron chi connectivity index (χ3n) is 2.32. The molecule has 0 aliphatic carbocycles. The van der Waals surface area contributed by atoms with E-state index in [1.54, 1.807) is 6.07 Å². The molecule has 0 aliphatic heterocycles. The fourth-order valence-electron chi connectivity index (χ4n) is 1.67. The molecule has 1 aromatic rings. The predicted molar refractivity (Wildman–Crippen MR) is 68.4 cm³/mol. The second-order valence-electron chi connectivity index (χ2n) is 4.19. The Balaban J connectivity index is 2.88. The molecule has 4 N–H and O–H groups in total. The van der Waals surface area contributed by atoms with Crippen molar-refractivity contribution < 1.29 is 34.2 Å². The first-order chi connectivity index (χ1) is 9.17. The molecule has 0 saturated heterocycles. The largest absolute Gasteiger partial charge is 0.480 e. The van der Waals surface area contributed by atoms with Crippen molar-refractivity contribution in [2.24, 2.45) is 0 Å². The van der Waals surface area contributed by atoms with E-state index in [0.29, 0.717) is 5.56 Å². The van der Waals surface area contributed by atoms with Crippen molar-refractivity contribution in [1.82, 2.24) is 4.90 Å². The van der Waals surface area contributed by atoms with Crippen LogP contribution in [0.5, 0.6) is 0 Å². The first kappa shape index (κ1) is 16.3. The monoisotopic (exact) mass is 303 g/mol. The molecular weight excluding hydrogens is 289 g/mol. The molecule has 0 heterocycles. The van der Waals surface area contributed by atoms with Gasteiger partial charge in [-0.3, -0.25) is 14.3 Å². The molecule has 0 amide bonds. The van der Waals surface area contributed by atoms with Crippen molar-refractivity contribution in [2.75, 3.05) is 12.8 Å². The predicted octanol–water partition coefficient (Wildman–Crippen LogP) is 0.407. The lowest BCUT2D eigenvalue weighted by atomic mass is 10.1. The summed E-state index contributed by atoms with van der Waals surface area (Å²) in [6.45, 7) is -0.624. The first-order valence-electron chi connectivity index (χ1n) is 5.48. The van der Waals surface area contributed by atoms with Gasteiger partial charge in [0.2, 0.25) is 0 Å². The second kappa shape index (κ2) is 6.62. The standard InChI is InChI=1S/C11H14NO7P/c13-10(14)6-12(7-20(17,18)19)5-8-2-1-3-9(4-8)11(15)16/h1-4H,5-7H2,(H,13,14)(H,15,16)(H2,17,18,19). The highest BCUT2D eigenvalue weighted by molar-refractivity contribution is 7.51. The number of nitrogens with zero attached hydrogens (tertiary/aromatic N) is 1. The van der Waals surface area contributed by atoms with Crippen LogP contribution in [0.1, 0.15) is 15.9 Å². The maximum absolute atomic E-state index is 11.0. The lowest BCUT2D eigenvalue weighted by Crippen LogP contribution is -2.30. The fourth-order valence-corrected chi connectivity index (χ4v) is 2.39. The molecule has 1 aromatic carbocycles. The zero-order valence-corrected chi connectivity index (χ0v) is 11.2. The third-order valence-corrected chi connectivity index (χ3v) is 3.09. The Bertz CT molecular complexity index is 553. The summed E-state index contributed by atoms with van der Waals surface area (Å²) >= 11 is 0. The van der Waals surface area contributed by atoms with Gasteiger partial charge in [-0.15, -0.1) is 0 Å². The van der Waals surface area contributed by atoms with Gasteiger partial charge in [0, 0.05) is 6.54 Å². The van der Waals surface area contributed by atoms with E-state index in [-0.39, 0.29) is 12.1 Å². The maximum atomic E-state index is 11.0. The van der Waals surface area contributed by atoms with E-state index < -0.39 is 32.4 Å². The topological polar surface area (TPSA) is 135 Å². The summed E-state index contributed by atoms with van der Waals surface area (Å²) in [6, 6.07) is 5.74. The van der Waals surface area contributed by atoms with Crippen LogP contribution in [0.3, 0.4) is 0 Å². The first-order valence-corrected chi connectivity index (χ1v) is 7.28. The van der Waals surface area contributed by atoms with E-state index in [9.17, 15) is 14.2 Å². The molecule has 0 bridgehead atoms. The van der Waals surface area contributed by atoms with Gasteiger partial charge in [-0.1, -0.05) is 12.1 Å². The number of aromatic carboxylic acids is 1. The average molecular weight is 303 g/mol. The van der Waals surface area contributed by atoms with Gasteiger partial charge in [-0.25, -0.2) is 4.79 Å². The quantitative estimate of drug-likeness (QED) is 0.532. The van der Waals surface area contributed by atoms with Gasteiger partial charge in [0.15, 0.2) is 0 Å². The van der Waals surface area contributed by atoms with E-state index in [1.165, 1.54) is 18.2 Å². The summed E-state index contributed by atoms with van der Waals surface area (Å²) in [4.78, 5) is 40.3. The van der Waals surface area contributed by atoms with E-state index >= 15 is 0 Å². The van der Waals surface area contributed by atoms with Crippen LogP contribution in [0, 0.1) is 0 Å². The number of aliphatic carboxylic acids is 1. The SMILES string of the molecule is O=C(O)CN(Cc1cccc(C(=O)O)c1)CP(=O)(O)O. The Hall–Kier alpha value is -1.73. The van der Waals surface area contributed by atoms with Crippen molar-refractivity contribution in [1.29, 1.82) is 0 Å². The Morgan fingerprint density at radius 3 is 2.35 bits per heavy atom. The smallest absolute Gasteiger partial charge is 0.339 e. The molecule has 0 aliphatic rings. The lowest BCUT2D eigenvalue weighted by Gasteiger charge is -2.20. The average Bonchev–Trinajstić information content (AvgIpc) is 2.25. The minimum Gasteiger partial charge on any atom is -0.480 e. The highest BCUT2D eigenvalue weighted by atomic mass is 31.2. The normalized spacial score (nSPS) is 11.6. The van der Waals surface area contributed by atoms with Gasteiger partial charge in [-0.2, -0.15) is 0 Å². The molecule has 0 spiro atoms. The van der Waals surface area contributed by atoms with Crippen LogP contribution in [-0.2, 0) is 15.9 Å². The number of hydrogen-bond acceptors (Lipinski definition) is 4. The van der Waals surface area contributed by atoms with Crippen LogP contribution in [-0.4, -0.2) is 49.7 Å². The highest BCUT2D eigenvalue weighted by Crippen LogP contribution is 2.35. The van der Waals surface area contributed by atoms with Crippen molar-refractivity contribution >= 4 is 19.5 Å². The minimum atomic E-state index is -4.40. The summed E-state index contributed by atoms with van der Waals surface area (Å²) in [5, 5.41) is 17.6. The van der Waals surface area contributed by atoms with Crippen LogP contribution in [0.4, 0.5) is 0 Å². The van der Waals surface area contributed by atoms with Gasteiger partial charge in [0.25, 0.3) is 0 Å². The van der Waals surface area contributed by atoms with E-state index in [2.05, 4.69) is 0 Å². The summed E-state index contributed by atoms with van der Waals surface area (Å²) in [5.74, 6) is -2.36. The number of rotatable bonds is 7. The lowest BCUT2D eigenvalue weighted by molar-refractivity contribution is -0.138. The number of benzene rings is 1. The van der Waals surface area contributed by atoms with Crippen LogP contribution in [0.15, 0.2) is 24.3 Å². The molecule has 8 nitrogen and oxygen atoms in total. The number of carboxylic acids is 2. The van der Waals surface area contributed by atoms with Gasteiger partial charge in [0.1, 0.15) is 6.29 Å². The Morgan fingerprint density at radius 1 is 1.20 bits per heavy atom. The third kappa shape index (κ3) is 5.94. The number of hydrogen-bond donors (Lipinski definition) is 4. The van der Waals surface area contributed by atoms with Gasteiger partial charge in [0.05, 0.1) is 12.1 Å². The molecule has 1 rings (SSSR count). The van der Waals surface area contributed by atoms with Crippen molar-refractivity contribution in [3.05, 3.63) is 35.4 Å². The summed E-state index contributed by atoms with van der Waals surface area (Å²) in [7, 11) is -4.40. The Kier molecular flexibility index (Phi) is 5.41. The maximum Gasteiger partial charge on any atom is 0.339 e. The van der Waals surface area contributed by atoms with Gasteiger partial charge >= 0.3 is 19.5 Å². The molecule has 9 heteroatoms. The van der Waals surface area contributed by atoms with Crippen molar-refractivity contribution in [3.8, 4) is 0 Å². The van der Waals surface area contributed by atoms with Crippen LogP contribution in [0.25, 0.3) is 0 Å². The molecule has 0 radical (unpaired) electrons. The number of carbonyl (C=O) groups is 2. The van der Waals surface area contributed by atoms with E-state index in [1.807, 2.05) is 0 Å². The summed E-state index contributed by atoms with van der Waals surface area (Å²) in [5.41, 5.74) is 0.480. The van der Waals surface area contributed by atoms with Crippen LogP contribution < -0.4 is 0 Å². The van der Waals surface area contributed by atoms with Crippen LogP contribution in [0.2, 0.25) is 0 Å². The summed E-state index contributed by atoms with van der Waals surface area (Å²) in [6.07, 6.45) is -0.712. The molecule has 110 valence electrons. The fraction of sp³-hybridized carbons (Fsp3) is 0.273. The van der Waals surface area contributed by atoms with E-state index in [4.69, 9.17) is 20.0 Å². The van der Waals surface area contributed by atoms with Crippen LogP contribution >= 0.6 is 7.60 Å². The van der Waals surface area contributed by atoms with Gasteiger partial charge < -0.3 is 20.0 Å². The van der Waals surface area contributed by atoms with Gasteiger partial charge in [-0.05, 0) is 17.7 Å². The second-order valence-corrected chi connectivity index (χ2v) is 5.80. The zero-order valence-electron chi connectivity index (χ0n) is 10.3. The summed E-state index contributed by atoms with van der Waals surface area (Å²) < 4.78 is 11.0. The van der Waals surface area contributed by atoms with E-state index in [0.717, 1.165) is 4.90 Å². The molecule has 0 atom stereocenters. The highest BCUT2D eigenvalue weighted by Gasteiger charge is 2.21. The number of carboxylic acid groups (broad SMARTS) is 2. The Labute approximate surface area is 114 Å². The van der Waals surface area contributed by atoms with Crippen molar-refractivity contribution in [2.45, 2.75) is 6.54 Å². The van der Waals surface area contributed by atoms with Crippen molar-refractivity contribution in [3.63, 3.8) is 0 Å².